The van der Waals surface area contributed by atoms with E-state index in [-0.39, 0.29) is 6.09 Å². The molecule has 2 saturated heterocycles. The number of carbonyl (C=O) groups excluding carboxylic acids is 1. The zero-order valence-corrected chi connectivity index (χ0v) is 11.8. The summed E-state index contributed by atoms with van der Waals surface area (Å²) < 4.78 is 5.41. The van der Waals surface area contributed by atoms with Gasteiger partial charge in [-0.25, -0.2) is 4.79 Å². The van der Waals surface area contributed by atoms with Crippen LogP contribution in [0.15, 0.2) is 30.3 Å². The van der Waals surface area contributed by atoms with Crippen molar-refractivity contribution in [1.82, 2.24) is 10.2 Å². The number of likely N-dealkylation sites (tertiary alicyclic amines) is 1. The molecule has 4 heteroatoms. The Morgan fingerprint density at radius 1 is 1.20 bits per heavy atom. The summed E-state index contributed by atoms with van der Waals surface area (Å²) in [5.74, 6) is 0.738. The second kappa shape index (κ2) is 6.27. The van der Waals surface area contributed by atoms with E-state index in [4.69, 9.17) is 4.74 Å². The van der Waals surface area contributed by atoms with E-state index < -0.39 is 0 Å². The Hall–Kier alpha value is -1.55. The fraction of sp³-hybridized carbons (Fsp3) is 0.562. The van der Waals surface area contributed by atoms with Gasteiger partial charge in [0.1, 0.15) is 6.61 Å². The first-order valence-corrected chi connectivity index (χ1v) is 7.52. The molecular formula is C16H22N2O2. The molecule has 108 valence electrons. The summed E-state index contributed by atoms with van der Waals surface area (Å²) in [4.78, 5) is 14.0. The first kappa shape index (κ1) is 13.4. The van der Waals surface area contributed by atoms with E-state index in [2.05, 4.69) is 5.32 Å². The molecule has 1 N–H and O–H groups in total. The molecule has 0 spiro atoms. The normalized spacial score (nSPS) is 25.9. The Bertz CT molecular complexity index is 435. The number of rotatable bonds is 2. The summed E-state index contributed by atoms with van der Waals surface area (Å²) in [6.45, 7) is 3.13. The number of fused-ring (bicyclic) bond motifs is 1. The van der Waals surface area contributed by atoms with Gasteiger partial charge in [0, 0.05) is 19.1 Å². The van der Waals surface area contributed by atoms with Crippen molar-refractivity contribution in [2.75, 3.05) is 19.6 Å². The zero-order valence-electron chi connectivity index (χ0n) is 11.8. The van der Waals surface area contributed by atoms with Crippen molar-refractivity contribution in [2.45, 2.75) is 31.9 Å². The van der Waals surface area contributed by atoms with Crippen molar-refractivity contribution in [3.05, 3.63) is 35.9 Å². The maximum Gasteiger partial charge on any atom is 0.410 e. The van der Waals surface area contributed by atoms with E-state index in [1.807, 2.05) is 35.2 Å². The van der Waals surface area contributed by atoms with Crippen LogP contribution in [0.2, 0.25) is 0 Å². The minimum absolute atomic E-state index is 0.172. The van der Waals surface area contributed by atoms with Crippen molar-refractivity contribution in [3.63, 3.8) is 0 Å². The zero-order chi connectivity index (χ0) is 13.8. The van der Waals surface area contributed by atoms with Crippen LogP contribution in [0.5, 0.6) is 0 Å². The van der Waals surface area contributed by atoms with E-state index in [9.17, 15) is 4.79 Å². The van der Waals surface area contributed by atoms with E-state index in [0.29, 0.717) is 12.6 Å². The molecule has 4 nitrogen and oxygen atoms in total. The topological polar surface area (TPSA) is 41.6 Å². The van der Waals surface area contributed by atoms with Gasteiger partial charge in [0.2, 0.25) is 0 Å². The van der Waals surface area contributed by atoms with Crippen LogP contribution < -0.4 is 5.32 Å². The number of hydrogen-bond acceptors (Lipinski definition) is 3. The molecule has 0 aliphatic carbocycles. The van der Waals surface area contributed by atoms with Crippen molar-refractivity contribution in [2.24, 2.45) is 5.92 Å². The molecule has 2 aliphatic rings. The highest BCUT2D eigenvalue weighted by atomic mass is 16.6. The third-order valence-electron chi connectivity index (χ3n) is 4.43. The van der Waals surface area contributed by atoms with Gasteiger partial charge in [-0.15, -0.1) is 0 Å². The molecule has 2 fully saturated rings. The van der Waals surface area contributed by atoms with Crippen LogP contribution in [-0.2, 0) is 11.3 Å². The van der Waals surface area contributed by atoms with Gasteiger partial charge in [-0.05, 0) is 37.3 Å². The second-order valence-electron chi connectivity index (χ2n) is 5.71. The molecule has 3 rings (SSSR count). The fourth-order valence-electron chi connectivity index (χ4n) is 3.23. The predicted octanol–water partition coefficient (Wildman–Crippen LogP) is 2.40. The minimum Gasteiger partial charge on any atom is -0.445 e. The summed E-state index contributed by atoms with van der Waals surface area (Å²) in [5.41, 5.74) is 1.04. The number of nitrogens with one attached hydrogen (secondary N) is 1. The maximum absolute atomic E-state index is 12.1. The minimum atomic E-state index is -0.172. The first-order chi connectivity index (χ1) is 9.83. The Balaban J connectivity index is 1.50. The lowest BCUT2D eigenvalue weighted by atomic mass is 9.96. The van der Waals surface area contributed by atoms with Crippen molar-refractivity contribution < 1.29 is 9.53 Å². The number of carbonyl (C=O) groups is 1. The molecule has 1 amide bonds. The number of nitrogens with zero attached hydrogens (tertiary/aromatic N) is 1. The molecule has 0 radical (unpaired) electrons. The molecule has 0 bridgehead atoms. The molecular weight excluding hydrogens is 252 g/mol. The standard InChI is InChI=1S/C16H22N2O2/c19-16(20-12-13-4-2-1-3-5-13)18-10-7-14-6-9-17-15(14)8-11-18/h1-5,14-15,17H,6-12H2. The average molecular weight is 274 g/mol. The Labute approximate surface area is 120 Å². The number of hydrogen-bond donors (Lipinski definition) is 1. The largest absolute Gasteiger partial charge is 0.445 e. The summed E-state index contributed by atoms with van der Waals surface area (Å²) in [6, 6.07) is 10.4. The lowest BCUT2D eigenvalue weighted by Crippen LogP contribution is -2.33. The third kappa shape index (κ3) is 3.12. The summed E-state index contributed by atoms with van der Waals surface area (Å²) in [6.07, 6.45) is 3.22. The van der Waals surface area contributed by atoms with Crippen LogP contribution >= 0.6 is 0 Å². The van der Waals surface area contributed by atoms with Gasteiger partial charge in [0.15, 0.2) is 0 Å². The summed E-state index contributed by atoms with van der Waals surface area (Å²) >= 11 is 0. The Morgan fingerprint density at radius 2 is 2.00 bits per heavy atom. The molecule has 20 heavy (non-hydrogen) atoms. The molecule has 1 aromatic rings. The van der Waals surface area contributed by atoms with E-state index in [1.54, 1.807) is 0 Å². The van der Waals surface area contributed by atoms with Gasteiger partial charge < -0.3 is 15.0 Å². The van der Waals surface area contributed by atoms with Crippen molar-refractivity contribution in [3.8, 4) is 0 Å². The van der Waals surface area contributed by atoms with E-state index >= 15 is 0 Å². The third-order valence-corrected chi connectivity index (χ3v) is 4.43. The number of amides is 1. The first-order valence-electron chi connectivity index (χ1n) is 7.52. The SMILES string of the molecule is O=C(OCc1ccccc1)N1CCC2CCNC2CC1. The van der Waals surface area contributed by atoms with Crippen LogP contribution in [0.25, 0.3) is 0 Å². The fourth-order valence-corrected chi connectivity index (χ4v) is 3.23. The van der Waals surface area contributed by atoms with Crippen LogP contribution in [0, 0.1) is 5.92 Å². The average Bonchev–Trinajstić information content (AvgIpc) is 2.84. The lowest BCUT2D eigenvalue weighted by molar-refractivity contribution is 0.0968. The molecule has 1 aromatic carbocycles. The molecule has 2 aliphatic heterocycles. The van der Waals surface area contributed by atoms with Gasteiger partial charge in [0.05, 0.1) is 0 Å². The van der Waals surface area contributed by atoms with Gasteiger partial charge in [0.25, 0.3) is 0 Å². The van der Waals surface area contributed by atoms with Crippen LogP contribution in [-0.4, -0.2) is 36.7 Å². The smallest absolute Gasteiger partial charge is 0.410 e. The van der Waals surface area contributed by atoms with E-state index in [0.717, 1.165) is 44.0 Å². The highest BCUT2D eigenvalue weighted by molar-refractivity contribution is 5.67. The van der Waals surface area contributed by atoms with Gasteiger partial charge in [-0.1, -0.05) is 30.3 Å². The second-order valence-corrected chi connectivity index (χ2v) is 5.71. The van der Waals surface area contributed by atoms with Crippen LogP contribution in [0.3, 0.4) is 0 Å². The maximum atomic E-state index is 12.1. The van der Waals surface area contributed by atoms with E-state index in [1.165, 1.54) is 6.42 Å². The monoisotopic (exact) mass is 274 g/mol. The Morgan fingerprint density at radius 3 is 2.85 bits per heavy atom. The van der Waals surface area contributed by atoms with Gasteiger partial charge in [-0.2, -0.15) is 0 Å². The highest BCUT2D eigenvalue weighted by Crippen LogP contribution is 2.25. The van der Waals surface area contributed by atoms with Crippen molar-refractivity contribution in [1.29, 1.82) is 0 Å². The quantitative estimate of drug-likeness (QED) is 0.900. The summed E-state index contributed by atoms with van der Waals surface area (Å²) in [5, 5.41) is 3.54. The predicted molar refractivity (Wildman–Crippen MR) is 77.3 cm³/mol. The van der Waals surface area contributed by atoms with Crippen LogP contribution in [0.4, 0.5) is 4.79 Å². The molecule has 0 saturated carbocycles. The molecule has 0 aromatic heterocycles. The number of ether oxygens (including phenoxy) is 1. The van der Waals surface area contributed by atoms with Gasteiger partial charge in [-0.3, -0.25) is 0 Å². The van der Waals surface area contributed by atoms with Crippen molar-refractivity contribution >= 4 is 6.09 Å². The molecule has 2 atom stereocenters. The Kier molecular flexibility index (Phi) is 4.21. The molecule has 2 heterocycles. The van der Waals surface area contributed by atoms with Crippen LogP contribution in [0.1, 0.15) is 24.8 Å². The van der Waals surface area contributed by atoms with Gasteiger partial charge >= 0.3 is 6.09 Å². The number of benzene rings is 1. The highest BCUT2D eigenvalue weighted by Gasteiger charge is 2.31. The molecule has 2 unspecified atom stereocenters. The lowest BCUT2D eigenvalue weighted by Gasteiger charge is -2.20. The summed E-state index contributed by atoms with van der Waals surface area (Å²) in [7, 11) is 0.